The Morgan fingerprint density at radius 1 is 1.18 bits per heavy atom. The lowest BCUT2D eigenvalue weighted by Crippen LogP contribution is -2.38. The molecule has 2 heterocycles. The Hall–Kier alpha value is -3.24. The third-order valence-corrected chi connectivity index (χ3v) is 8.06. The van der Waals surface area contributed by atoms with Gasteiger partial charge in [0.15, 0.2) is 0 Å². The van der Waals surface area contributed by atoms with Crippen molar-refractivity contribution in [3.63, 3.8) is 0 Å². The smallest absolute Gasteiger partial charge is 0.341 e. The first-order valence-electron chi connectivity index (χ1n) is 11.1. The number of nitrogens with zero attached hydrogens (tertiary/aromatic N) is 2. The van der Waals surface area contributed by atoms with Gasteiger partial charge in [-0.15, -0.1) is 0 Å². The molecule has 2 aliphatic rings. The van der Waals surface area contributed by atoms with Crippen molar-refractivity contribution in [2.24, 2.45) is 0 Å². The molecule has 0 spiro atoms. The first-order chi connectivity index (χ1) is 16.3. The molecule has 1 unspecified atom stereocenters. The number of hydrogen-bond donors (Lipinski definition) is 1. The van der Waals surface area contributed by atoms with Crippen molar-refractivity contribution in [1.82, 2.24) is 4.57 Å². The molecule has 0 radical (unpaired) electrons. The summed E-state index contributed by atoms with van der Waals surface area (Å²) in [6.45, 7) is 0.420. The van der Waals surface area contributed by atoms with Crippen LogP contribution in [0.3, 0.4) is 0 Å². The summed E-state index contributed by atoms with van der Waals surface area (Å²) in [6, 6.07) is 10.0. The summed E-state index contributed by atoms with van der Waals surface area (Å²) in [4.78, 5) is 24.4. The topological polar surface area (TPSA) is 106 Å². The van der Waals surface area contributed by atoms with Crippen LogP contribution < -0.4 is 9.73 Å². The van der Waals surface area contributed by atoms with Gasteiger partial charge in [0.2, 0.25) is 5.43 Å². The van der Waals surface area contributed by atoms with Crippen LogP contribution in [0.4, 0.5) is 10.1 Å². The number of aromatic nitrogens is 1. The highest BCUT2D eigenvalue weighted by molar-refractivity contribution is 7.92. The Labute approximate surface area is 195 Å². The lowest BCUT2D eigenvalue weighted by molar-refractivity contribution is 0.0694. The molecule has 0 bridgehead atoms. The number of carboxylic acid groups (broad SMARTS) is 1. The number of pyridine rings is 1. The van der Waals surface area contributed by atoms with Gasteiger partial charge in [0.05, 0.1) is 28.7 Å². The second-order valence-electron chi connectivity index (χ2n) is 8.62. The van der Waals surface area contributed by atoms with E-state index in [0.717, 1.165) is 29.6 Å². The molecule has 1 aromatic heterocycles. The van der Waals surface area contributed by atoms with Crippen LogP contribution in [0.1, 0.15) is 42.1 Å². The number of aromatic carboxylic acids is 1. The van der Waals surface area contributed by atoms with E-state index in [1.165, 1.54) is 24.4 Å². The molecule has 1 aliphatic heterocycles. The zero-order valence-corrected chi connectivity index (χ0v) is 19.0. The maximum absolute atomic E-state index is 15.5. The minimum Gasteiger partial charge on any atom is -0.477 e. The predicted octanol–water partition coefficient (Wildman–Crippen LogP) is 3.55. The van der Waals surface area contributed by atoms with Crippen LogP contribution in [-0.4, -0.2) is 43.3 Å². The molecule has 1 N–H and O–H groups in total. The molecule has 8 nitrogen and oxygen atoms in total. The van der Waals surface area contributed by atoms with E-state index >= 15 is 4.39 Å². The van der Waals surface area contributed by atoms with E-state index in [2.05, 4.69) is 0 Å². The molecule has 1 saturated carbocycles. The maximum Gasteiger partial charge on any atom is 0.341 e. The quantitative estimate of drug-likeness (QED) is 0.548. The summed E-state index contributed by atoms with van der Waals surface area (Å²) in [7, 11) is -4.15. The Bertz CT molecular complexity index is 1430. The minimum atomic E-state index is -4.15. The fraction of sp³-hybridized carbons (Fsp3) is 0.333. The van der Waals surface area contributed by atoms with Crippen LogP contribution >= 0.6 is 0 Å². The molecular formula is C24H23FN2O6S. The summed E-state index contributed by atoms with van der Waals surface area (Å²) in [6.07, 6.45) is 3.86. The summed E-state index contributed by atoms with van der Waals surface area (Å²) in [5, 5.41) is 9.35. The second kappa shape index (κ2) is 8.52. The lowest BCUT2D eigenvalue weighted by atomic mass is 10.1. The predicted molar refractivity (Wildman–Crippen MR) is 123 cm³/mol. The van der Waals surface area contributed by atoms with Crippen LogP contribution in [0, 0.1) is 5.82 Å². The van der Waals surface area contributed by atoms with Crippen molar-refractivity contribution in [2.75, 3.05) is 17.5 Å². The summed E-state index contributed by atoms with van der Waals surface area (Å²) in [5.41, 5.74) is -1.15. The Morgan fingerprint density at radius 3 is 2.53 bits per heavy atom. The van der Waals surface area contributed by atoms with Crippen LogP contribution in [0.25, 0.3) is 10.9 Å². The lowest BCUT2D eigenvalue weighted by Gasteiger charge is -2.28. The number of anilines is 1. The number of carbonyl (C=O) groups is 1. The highest BCUT2D eigenvalue weighted by atomic mass is 32.2. The molecule has 178 valence electrons. The highest BCUT2D eigenvalue weighted by Crippen LogP contribution is 2.39. The number of fused-ring (bicyclic) bond motifs is 1. The maximum atomic E-state index is 15.5. The van der Waals surface area contributed by atoms with Crippen molar-refractivity contribution < 1.29 is 27.4 Å². The number of rotatable bonds is 7. The fourth-order valence-electron chi connectivity index (χ4n) is 4.38. The van der Waals surface area contributed by atoms with Crippen molar-refractivity contribution in [3.8, 4) is 0 Å². The van der Waals surface area contributed by atoms with Crippen molar-refractivity contribution in [2.45, 2.75) is 42.7 Å². The number of carboxylic acids is 1. The second-order valence-corrected chi connectivity index (χ2v) is 10.5. The van der Waals surface area contributed by atoms with Gasteiger partial charge in [0, 0.05) is 24.2 Å². The van der Waals surface area contributed by atoms with Crippen molar-refractivity contribution in [3.05, 3.63) is 70.3 Å². The standard InChI is InChI=1S/C24H23FN2O6S/c25-20-11-18-21(26(15-8-9-15)14-19(23(18)28)24(29)30)12-22(20)27(13-16-5-4-10-33-16)34(31,32)17-6-2-1-3-7-17/h1-3,6-7,11-12,14-16H,4-5,8-10,13H2,(H,29,30). The molecule has 1 aliphatic carbocycles. The van der Waals surface area contributed by atoms with Gasteiger partial charge in [0.25, 0.3) is 10.0 Å². The number of sulfonamides is 1. The van der Waals surface area contributed by atoms with E-state index in [0.29, 0.717) is 18.5 Å². The van der Waals surface area contributed by atoms with Crippen molar-refractivity contribution in [1.29, 1.82) is 0 Å². The van der Waals surface area contributed by atoms with Crippen molar-refractivity contribution >= 4 is 32.6 Å². The molecular weight excluding hydrogens is 463 g/mol. The van der Waals surface area contributed by atoms with E-state index in [-0.39, 0.29) is 28.6 Å². The van der Waals surface area contributed by atoms with E-state index in [4.69, 9.17) is 4.74 Å². The molecule has 1 saturated heterocycles. The molecule has 2 fully saturated rings. The van der Waals surface area contributed by atoms with Crippen LogP contribution in [0.15, 0.2) is 58.4 Å². The SMILES string of the molecule is O=C(O)c1cn(C2CC2)c2cc(N(CC3CCCO3)S(=O)(=O)c3ccccc3)c(F)cc2c1=O. The van der Waals surface area contributed by atoms with E-state index in [1.807, 2.05) is 0 Å². The molecule has 0 amide bonds. The van der Waals surface area contributed by atoms with Gasteiger partial charge in [-0.05, 0) is 49.9 Å². The van der Waals surface area contributed by atoms with Gasteiger partial charge < -0.3 is 14.4 Å². The third kappa shape index (κ3) is 3.97. The van der Waals surface area contributed by atoms with E-state index in [1.54, 1.807) is 22.8 Å². The highest BCUT2D eigenvalue weighted by Gasteiger charge is 2.33. The molecule has 1 atom stereocenters. The average molecular weight is 487 g/mol. The first kappa shape index (κ1) is 22.5. The first-order valence-corrected chi connectivity index (χ1v) is 12.5. The molecule has 34 heavy (non-hydrogen) atoms. The van der Waals surface area contributed by atoms with E-state index < -0.39 is 38.9 Å². The van der Waals surface area contributed by atoms with Gasteiger partial charge in [-0.25, -0.2) is 17.6 Å². The summed E-state index contributed by atoms with van der Waals surface area (Å²) in [5.74, 6) is -2.32. The largest absolute Gasteiger partial charge is 0.477 e. The van der Waals surface area contributed by atoms with Gasteiger partial charge in [-0.2, -0.15) is 0 Å². The number of hydrogen-bond acceptors (Lipinski definition) is 5. The molecule has 2 aromatic carbocycles. The monoisotopic (exact) mass is 486 g/mol. The average Bonchev–Trinajstić information content (AvgIpc) is 3.53. The van der Waals surface area contributed by atoms with Crippen LogP contribution in [-0.2, 0) is 14.8 Å². The Kier molecular flexibility index (Phi) is 5.65. The van der Waals surface area contributed by atoms with Gasteiger partial charge in [0.1, 0.15) is 11.4 Å². The normalized spacial score (nSPS) is 18.3. The van der Waals surface area contributed by atoms with Gasteiger partial charge in [-0.3, -0.25) is 9.10 Å². The van der Waals surface area contributed by atoms with Crippen LogP contribution in [0.5, 0.6) is 0 Å². The number of ether oxygens (including phenoxy) is 1. The van der Waals surface area contributed by atoms with Gasteiger partial charge in [-0.1, -0.05) is 18.2 Å². The van der Waals surface area contributed by atoms with Crippen LogP contribution in [0.2, 0.25) is 0 Å². The Balaban J connectivity index is 1.72. The van der Waals surface area contributed by atoms with Gasteiger partial charge >= 0.3 is 5.97 Å². The summed E-state index contributed by atoms with van der Waals surface area (Å²) >= 11 is 0. The molecule has 5 rings (SSSR count). The zero-order chi connectivity index (χ0) is 24.0. The fourth-order valence-corrected chi connectivity index (χ4v) is 5.89. The summed E-state index contributed by atoms with van der Waals surface area (Å²) < 4.78 is 51.0. The molecule has 3 aromatic rings. The third-order valence-electron chi connectivity index (χ3n) is 6.26. The zero-order valence-electron chi connectivity index (χ0n) is 18.2. The minimum absolute atomic E-state index is 0.00769. The molecule has 10 heteroatoms. The number of halogens is 1. The Morgan fingerprint density at radius 2 is 1.91 bits per heavy atom. The number of benzene rings is 2. The van der Waals surface area contributed by atoms with E-state index in [9.17, 15) is 23.1 Å².